The Bertz CT molecular complexity index is 611. The van der Waals surface area contributed by atoms with E-state index in [9.17, 15) is 14.4 Å². The molecule has 0 saturated carbocycles. The van der Waals surface area contributed by atoms with E-state index in [1.807, 2.05) is 6.07 Å². The summed E-state index contributed by atoms with van der Waals surface area (Å²) in [5.74, 6) is -0.946. The van der Waals surface area contributed by atoms with Gasteiger partial charge < -0.3 is 4.90 Å². The summed E-state index contributed by atoms with van der Waals surface area (Å²) in [5, 5.41) is 0. The van der Waals surface area contributed by atoms with Crippen molar-refractivity contribution in [3.63, 3.8) is 0 Å². The Labute approximate surface area is 130 Å². The van der Waals surface area contributed by atoms with E-state index in [0.717, 1.165) is 10.9 Å². The number of rotatable bonds is 3. The van der Waals surface area contributed by atoms with Crippen LogP contribution in [0, 0.1) is 0 Å². The molecule has 21 heavy (non-hydrogen) atoms. The van der Waals surface area contributed by atoms with Gasteiger partial charge in [0.15, 0.2) is 0 Å². The average Bonchev–Trinajstić information content (AvgIpc) is 2.73. The van der Waals surface area contributed by atoms with E-state index in [1.165, 1.54) is 4.90 Å². The fourth-order valence-corrected chi connectivity index (χ4v) is 2.98. The molecule has 0 bridgehead atoms. The quantitative estimate of drug-likeness (QED) is 0.594. The van der Waals surface area contributed by atoms with Gasteiger partial charge >= 0.3 is 5.91 Å². The number of Topliss-reactive ketones (excluding diaryl/α,β-unsaturated/α-hetero) is 1. The molecule has 2 heterocycles. The summed E-state index contributed by atoms with van der Waals surface area (Å²) < 4.78 is 0.781. The second kappa shape index (κ2) is 5.57. The van der Waals surface area contributed by atoms with E-state index >= 15 is 0 Å². The number of anilines is 1. The lowest BCUT2D eigenvalue weighted by molar-refractivity contribution is -0.120. The minimum Gasteiger partial charge on any atom is -0.343 e. The Hall–Kier alpha value is -1.73. The molecule has 1 saturated heterocycles. The van der Waals surface area contributed by atoms with Crippen molar-refractivity contribution in [3.8, 4) is 0 Å². The zero-order valence-electron chi connectivity index (χ0n) is 11.3. The number of amides is 2. The summed E-state index contributed by atoms with van der Waals surface area (Å²) in [4.78, 5) is 40.1. The van der Waals surface area contributed by atoms with Gasteiger partial charge in [0, 0.05) is 30.7 Å². The van der Waals surface area contributed by atoms with Gasteiger partial charge in [0.2, 0.25) is 6.41 Å². The van der Waals surface area contributed by atoms with Crippen LogP contribution in [-0.2, 0) is 9.59 Å². The Balaban J connectivity index is 1.76. The van der Waals surface area contributed by atoms with Crippen LogP contribution < -0.4 is 4.90 Å². The van der Waals surface area contributed by atoms with Crippen molar-refractivity contribution in [2.45, 2.75) is 0 Å². The molecule has 0 aromatic heterocycles. The summed E-state index contributed by atoms with van der Waals surface area (Å²) in [7, 11) is 0. The minimum atomic E-state index is -0.485. The highest BCUT2D eigenvalue weighted by atomic mass is 79.9. The zero-order chi connectivity index (χ0) is 15.0. The molecule has 2 aliphatic rings. The van der Waals surface area contributed by atoms with Crippen LogP contribution in [0.1, 0.15) is 10.4 Å². The van der Waals surface area contributed by atoms with Crippen molar-refractivity contribution in [2.75, 3.05) is 37.7 Å². The maximum absolute atomic E-state index is 12.1. The molecule has 0 atom stereocenters. The number of ketones is 1. The summed E-state index contributed by atoms with van der Waals surface area (Å²) in [5.41, 5.74) is 1.10. The van der Waals surface area contributed by atoms with Gasteiger partial charge in [-0.15, -0.1) is 0 Å². The number of carbonyl (C=O) groups excluding carboxylic acids is 3. The van der Waals surface area contributed by atoms with E-state index in [4.69, 9.17) is 0 Å². The first kappa shape index (κ1) is 14.2. The molecular weight excluding hydrogens is 338 g/mol. The van der Waals surface area contributed by atoms with Gasteiger partial charge in [0.1, 0.15) is 0 Å². The molecule has 0 spiro atoms. The van der Waals surface area contributed by atoms with Gasteiger partial charge in [-0.25, -0.2) is 0 Å². The van der Waals surface area contributed by atoms with Gasteiger partial charge in [0.25, 0.3) is 5.78 Å². The minimum absolute atomic E-state index is 0.381. The fraction of sp³-hybridized carbons (Fsp3) is 0.357. The molecule has 7 heteroatoms. The monoisotopic (exact) mass is 351 g/mol. The smallest absolute Gasteiger partial charge is 0.300 e. The van der Waals surface area contributed by atoms with E-state index < -0.39 is 11.7 Å². The third kappa shape index (κ3) is 2.58. The second-order valence-corrected chi connectivity index (χ2v) is 6.04. The highest BCUT2D eigenvalue weighted by Crippen LogP contribution is 2.31. The lowest BCUT2D eigenvalue weighted by atomic mass is 10.1. The van der Waals surface area contributed by atoms with Crippen LogP contribution in [0.3, 0.4) is 0 Å². The van der Waals surface area contributed by atoms with E-state index in [-0.39, 0.29) is 0 Å². The highest BCUT2D eigenvalue weighted by molar-refractivity contribution is 9.10. The van der Waals surface area contributed by atoms with Crippen molar-refractivity contribution in [3.05, 3.63) is 28.2 Å². The van der Waals surface area contributed by atoms with Crippen LogP contribution in [0.5, 0.6) is 0 Å². The number of hydrogen-bond donors (Lipinski definition) is 0. The van der Waals surface area contributed by atoms with Gasteiger partial charge in [-0.3, -0.25) is 24.2 Å². The van der Waals surface area contributed by atoms with Gasteiger partial charge in [-0.05, 0) is 18.2 Å². The Morgan fingerprint density at radius 3 is 2.52 bits per heavy atom. The number of fused-ring (bicyclic) bond motifs is 1. The number of halogens is 1. The predicted octanol–water partition coefficient (Wildman–Crippen LogP) is 0.710. The lowest BCUT2D eigenvalue weighted by Gasteiger charge is -2.34. The first-order valence-electron chi connectivity index (χ1n) is 6.67. The molecule has 2 amide bonds. The number of benzene rings is 1. The number of carbonyl (C=O) groups is 3. The summed E-state index contributed by atoms with van der Waals surface area (Å²) in [6.07, 6.45) is 0.842. The van der Waals surface area contributed by atoms with Gasteiger partial charge in [-0.1, -0.05) is 15.9 Å². The first-order chi connectivity index (χ1) is 10.1. The SMILES string of the molecule is O=CN1CCN(CN2C(=O)C(=O)c3cc(Br)ccc32)CC1. The molecule has 1 aromatic carbocycles. The fourth-order valence-electron chi connectivity index (χ4n) is 2.62. The van der Waals surface area contributed by atoms with Crippen LogP contribution in [0.15, 0.2) is 22.7 Å². The third-order valence-electron chi connectivity index (χ3n) is 3.83. The largest absolute Gasteiger partial charge is 0.343 e. The Kier molecular flexibility index (Phi) is 3.77. The molecule has 3 rings (SSSR count). The first-order valence-corrected chi connectivity index (χ1v) is 7.47. The van der Waals surface area contributed by atoms with Crippen LogP contribution in [0.2, 0.25) is 0 Å². The van der Waals surface area contributed by atoms with Crippen molar-refractivity contribution in [2.24, 2.45) is 0 Å². The Morgan fingerprint density at radius 2 is 1.86 bits per heavy atom. The molecule has 2 aliphatic heterocycles. The number of hydrogen-bond acceptors (Lipinski definition) is 4. The molecule has 0 radical (unpaired) electrons. The van der Waals surface area contributed by atoms with E-state index in [2.05, 4.69) is 20.8 Å². The van der Waals surface area contributed by atoms with Crippen LogP contribution >= 0.6 is 15.9 Å². The summed E-state index contributed by atoms with van der Waals surface area (Å²) in [6.45, 7) is 3.07. The standard InChI is InChI=1S/C14H14BrN3O3/c15-10-1-2-12-11(7-10)13(20)14(21)18(12)8-16-3-5-17(9-19)6-4-16/h1-2,7,9H,3-6,8H2. The molecule has 110 valence electrons. The number of piperazine rings is 1. The van der Waals surface area contributed by atoms with Crippen molar-refractivity contribution in [1.82, 2.24) is 9.80 Å². The molecule has 1 fully saturated rings. The van der Waals surface area contributed by atoms with E-state index in [0.29, 0.717) is 44.1 Å². The normalized spacial score (nSPS) is 19.1. The molecule has 1 aromatic rings. The average molecular weight is 352 g/mol. The third-order valence-corrected chi connectivity index (χ3v) is 4.32. The number of nitrogens with zero attached hydrogens (tertiary/aromatic N) is 3. The molecule has 0 unspecified atom stereocenters. The Morgan fingerprint density at radius 1 is 1.14 bits per heavy atom. The van der Waals surface area contributed by atoms with Crippen LogP contribution in [0.4, 0.5) is 5.69 Å². The second-order valence-electron chi connectivity index (χ2n) is 5.12. The summed E-state index contributed by atoms with van der Waals surface area (Å²) >= 11 is 3.31. The van der Waals surface area contributed by atoms with E-state index in [1.54, 1.807) is 17.0 Å². The molecule has 6 nitrogen and oxygen atoms in total. The van der Waals surface area contributed by atoms with Crippen LogP contribution in [0.25, 0.3) is 0 Å². The molecular formula is C14H14BrN3O3. The van der Waals surface area contributed by atoms with Gasteiger partial charge in [-0.2, -0.15) is 0 Å². The highest BCUT2D eigenvalue weighted by Gasteiger charge is 2.36. The molecule has 0 aliphatic carbocycles. The zero-order valence-corrected chi connectivity index (χ0v) is 12.9. The predicted molar refractivity (Wildman–Crippen MR) is 80.0 cm³/mol. The summed E-state index contributed by atoms with van der Waals surface area (Å²) in [6, 6.07) is 5.28. The lowest BCUT2D eigenvalue weighted by Crippen LogP contribution is -2.50. The maximum Gasteiger partial charge on any atom is 0.300 e. The van der Waals surface area contributed by atoms with Crippen molar-refractivity contribution < 1.29 is 14.4 Å². The van der Waals surface area contributed by atoms with Gasteiger partial charge in [0.05, 0.1) is 17.9 Å². The van der Waals surface area contributed by atoms with Crippen molar-refractivity contribution >= 4 is 39.7 Å². The maximum atomic E-state index is 12.1. The van der Waals surface area contributed by atoms with Crippen LogP contribution in [-0.4, -0.2) is 60.7 Å². The molecule has 0 N–H and O–H groups in total. The topological polar surface area (TPSA) is 60.9 Å². The van der Waals surface area contributed by atoms with Crippen molar-refractivity contribution in [1.29, 1.82) is 0 Å².